The smallest absolute Gasteiger partial charge is 0.225 e. The quantitative estimate of drug-likeness (QED) is 0.915. The molecule has 18 heavy (non-hydrogen) atoms. The van der Waals surface area contributed by atoms with Crippen LogP contribution in [0.2, 0.25) is 0 Å². The van der Waals surface area contributed by atoms with Gasteiger partial charge in [-0.15, -0.1) is 11.3 Å². The van der Waals surface area contributed by atoms with Crippen molar-refractivity contribution in [1.82, 2.24) is 4.98 Å². The zero-order valence-electron chi connectivity index (χ0n) is 10.6. The molecule has 1 aromatic heterocycles. The third-order valence-corrected chi connectivity index (χ3v) is 3.49. The third-order valence-electron chi connectivity index (χ3n) is 2.58. The number of benzene rings is 1. The van der Waals surface area contributed by atoms with Crippen LogP contribution in [-0.4, -0.2) is 10.9 Å². The molecular weight excluding hydrogens is 244 g/mol. The molecular formula is C14H16N2OS. The number of nitrogens with zero attached hydrogens (tertiary/aromatic N) is 1. The van der Waals surface area contributed by atoms with Gasteiger partial charge in [0, 0.05) is 23.9 Å². The number of carbonyl (C=O) groups is 1. The second-order valence-corrected chi connectivity index (χ2v) is 5.31. The molecule has 0 bridgehead atoms. The van der Waals surface area contributed by atoms with E-state index >= 15 is 0 Å². The highest BCUT2D eigenvalue weighted by atomic mass is 32.1. The predicted octanol–water partition coefficient (Wildman–Crippen LogP) is 3.39. The van der Waals surface area contributed by atoms with Crippen molar-refractivity contribution in [2.75, 3.05) is 5.32 Å². The van der Waals surface area contributed by atoms with Crippen molar-refractivity contribution in [3.63, 3.8) is 0 Å². The first-order chi connectivity index (χ1) is 8.67. The van der Waals surface area contributed by atoms with Crippen LogP contribution in [0.1, 0.15) is 29.3 Å². The second-order valence-electron chi connectivity index (χ2n) is 4.20. The molecule has 0 spiro atoms. The van der Waals surface area contributed by atoms with Crippen molar-refractivity contribution in [1.29, 1.82) is 0 Å². The Morgan fingerprint density at radius 2 is 2.28 bits per heavy atom. The number of hydrogen-bond acceptors (Lipinski definition) is 3. The molecule has 0 saturated heterocycles. The lowest BCUT2D eigenvalue weighted by molar-refractivity contribution is -0.115. The maximum Gasteiger partial charge on any atom is 0.225 e. The lowest BCUT2D eigenvalue weighted by atomic mass is 10.1. The van der Waals surface area contributed by atoms with E-state index in [-0.39, 0.29) is 5.91 Å². The van der Waals surface area contributed by atoms with Crippen molar-refractivity contribution in [3.8, 4) is 0 Å². The van der Waals surface area contributed by atoms with Crippen molar-refractivity contribution >= 4 is 22.4 Å². The van der Waals surface area contributed by atoms with Crippen molar-refractivity contribution in [2.45, 2.75) is 26.7 Å². The first-order valence-electron chi connectivity index (χ1n) is 5.97. The van der Waals surface area contributed by atoms with E-state index in [4.69, 9.17) is 0 Å². The molecule has 0 saturated carbocycles. The molecule has 3 nitrogen and oxygen atoms in total. The van der Waals surface area contributed by atoms with Crippen LogP contribution in [0.25, 0.3) is 0 Å². The van der Waals surface area contributed by atoms with E-state index < -0.39 is 0 Å². The predicted molar refractivity (Wildman–Crippen MR) is 75.0 cm³/mol. The molecule has 1 aromatic carbocycles. The largest absolute Gasteiger partial charge is 0.302 e. The number of aromatic nitrogens is 1. The molecule has 2 aromatic rings. The van der Waals surface area contributed by atoms with Gasteiger partial charge in [0.15, 0.2) is 5.13 Å². The fourth-order valence-electron chi connectivity index (χ4n) is 1.68. The van der Waals surface area contributed by atoms with Gasteiger partial charge < -0.3 is 5.32 Å². The Morgan fingerprint density at radius 3 is 3.00 bits per heavy atom. The highest BCUT2D eigenvalue weighted by Crippen LogP contribution is 2.21. The summed E-state index contributed by atoms with van der Waals surface area (Å²) in [4.78, 5) is 16.6. The molecule has 1 amide bonds. The molecule has 2 rings (SSSR count). The van der Waals surface area contributed by atoms with E-state index in [2.05, 4.69) is 41.5 Å². The number of hydrogen-bond donors (Lipinski definition) is 1. The molecule has 0 aliphatic carbocycles. The number of amides is 1. The Hall–Kier alpha value is -1.68. The van der Waals surface area contributed by atoms with Crippen LogP contribution in [-0.2, 0) is 11.2 Å². The summed E-state index contributed by atoms with van der Waals surface area (Å²) in [7, 11) is 0. The minimum absolute atomic E-state index is 0.00598. The molecule has 4 heteroatoms. The summed E-state index contributed by atoms with van der Waals surface area (Å²) in [5.41, 5.74) is 2.53. The first kappa shape index (κ1) is 12.8. The summed E-state index contributed by atoms with van der Waals surface area (Å²) in [6.45, 7) is 3.92. The number of anilines is 1. The summed E-state index contributed by atoms with van der Waals surface area (Å²) in [6.07, 6.45) is 3.17. The second kappa shape index (κ2) is 5.78. The fourth-order valence-corrected chi connectivity index (χ4v) is 2.54. The lowest BCUT2D eigenvalue weighted by Gasteiger charge is -1.99. The van der Waals surface area contributed by atoms with Gasteiger partial charge >= 0.3 is 0 Å². The average Bonchev–Trinajstić information content (AvgIpc) is 2.76. The maximum atomic E-state index is 11.2. The summed E-state index contributed by atoms with van der Waals surface area (Å²) in [5, 5.41) is 3.46. The maximum absolute atomic E-state index is 11.2. The van der Waals surface area contributed by atoms with Crippen LogP contribution >= 0.6 is 11.3 Å². The van der Waals surface area contributed by atoms with Gasteiger partial charge in [-0.25, -0.2) is 4.98 Å². The molecule has 0 unspecified atom stereocenters. The first-order valence-corrected chi connectivity index (χ1v) is 6.79. The van der Waals surface area contributed by atoms with Crippen LogP contribution in [0.5, 0.6) is 0 Å². The average molecular weight is 260 g/mol. The van der Waals surface area contributed by atoms with Crippen LogP contribution in [0.4, 0.5) is 5.13 Å². The number of thiazole rings is 1. The summed E-state index contributed by atoms with van der Waals surface area (Å²) in [5.74, 6) is 0.00598. The number of rotatable bonds is 4. The molecule has 94 valence electrons. The van der Waals surface area contributed by atoms with Gasteiger partial charge in [-0.3, -0.25) is 4.79 Å². The molecule has 0 fully saturated rings. The Balaban J connectivity index is 2.04. The van der Waals surface area contributed by atoms with E-state index in [0.717, 1.165) is 11.3 Å². The van der Waals surface area contributed by atoms with Crippen molar-refractivity contribution < 1.29 is 4.79 Å². The van der Waals surface area contributed by atoms with Crippen molar-refractivity contribution in [3.05, 3.63) is 46.5 Å². The van der Waals surface area contributed by atoms with E-state index in [1.165, 1.54) is 22.5 Å². The summed E-state index contributed by atoms with van der Waals surface area (Å²) < 4.78 is 0. The highest BCUT2D eigenvalue weighted by Gasteiger charge is 2.05. The summed E-state index contributed by atoms with van der Waals surface area (Å²) in [6, 6.07) is 8.43. The SMILES string of the molecule is CCC(=O)Nc1ncc(Cc2cccc(C)c2)s1. The zero-order chi connectivity index (χ0) is 13.0. The Labute approximate surface area is 111 Å². The van der Waals surface area contributed by atoms with E-state index in [0.29, 0.717) is 11.6 Å². The van der Waals surface area contributed by atoms with Gasteiger partial charge in [-0.1, -0.05) is 36.8 Å². The number of aryl methyl sites for hydroxylation is 1. The van der Waals surface area contributed by atoms with Gasteiger partial charge in [0.05, 0.1) is 0 Å². The molecule has 0 radical (unpaired) electrons. The number of carbonyl (C=O) groups excluding carboxylic acids is 1. The molecule has 1 N–H and O–H groups in total. The molecule has 0 aliphatic rings. The number of nitrogens with one attached hydrogen (secondary N) is 1. The van der Waals surface area contributed by atoms with Crippen molar-refractivity contribution in [2.24, 2.45) is 0 Å². The minimum Gasteiger partial charge on any atom is -0.302 e. The van der Waals surface area contributed by atoms with Gasteiger partial charge in [0.2, 0.25) is 5.91 Å². The van der Waals surface area contributed by atoms with Crippen LogP contribution in [0.15, 0.2) is 30.5 Å². The Kier molecular flexibility index (Phi) is 4.10. The molecule has 1 heterocycles. The van der Waals surface area contributed by atoms with Gasteiger partial charge in [0.1, 0.15) is 0 Å². The zero-order valence-corrected chi connectivity index (χ0v) is 11.4. The topological polar surface area (TPSA) is 42.0 Å². The van der Waals surface area contributed by atoms with Gasteiger partial charge in [-0.2, -0.15) is 0 Å². The van der Waals surface area contributed by atoms with Crippen LogP contribution in [0, 0.1) is 6.92 Å². The van der Waals surface area contributed by atoms with Gasteiger partial charge in [0.25, 0.3) is 0 Å². The monoisotopic (exact) mass is 260 g/mol. The summed E-state index contributed by atoms with van der Waals surface area (Å²) >= 11 is 1.53. The van der Waals surface area contributed by atoms with Gasteiger partial charge in [-0.05, 0) is 12.5 Å². The highest BCUT2D eigenvalue weighted by molar-refractivity contribution is 7.15. The normalized spacial score (nSPS) is 10.3. The van der Waals surface area contributed by atoms with E-state index in [1.54, 1.807) is 0 Å². The van der Waals surface area contributed by atoms with Crippen LogP contribution < -0.4 is 5.32 Å². The minimum atomic E-state index is 0.00598. The Morgan fingerprint density at radius 1 is 1.44 bits per heavy atom. The fraction of sp³-hybridized carbons (Fsp3) is 0.286. The van der Waals surface area contributed by atoms with E-state index in [1.807, 2.05) is 13.1 Å². The van der Waals surface area contributed by atoms with E-state index in [9.17, 15) is 4.79 Å². The standard InChI is InChI=1S/C14H16N2OS/c1-3-13(17)16-14-15-9-12(18-14)8-11-6-4-5-10(2)7-11/h4-7,9H,3,8H2,1-2H3,(H,15,16,17). The third kappa shape index (κ3) is 3.40. The molecule has 0 atom stereocenters. The van der Waals surface area contributed by atoms with Crippen LogP contribution in [0.3, 0.4) is 0 Å². The lowest BCUT2D eigenvalue weighted by Crippen LogP contribution is -2.08. The Bertz CT molecular complexity index is 548. The molecule has 0 aliphatic heterocycles.